The molecule has 0 amide bonds. The fraction of sp³-hybridized carbons (Fsp3) is 0.412. The molecule has 0 radical (unpaired) electrons. The molecule has 1 aromatic heterocycles. The monoisotopic (exact) mass is 318 g/mol. The SMILES string of the molecule is CCCc1[nH]c(=S)[nH]c(=O)c1Cc1cccc(OC(C)C)c1. The summed E-state index contributed by atoms with van der Waals surface area (Å²) in [5.41, 5.74) is 2.61. The second-order valence-corrected chi connectivity index (χ2v) is 6.01. The van der Waals surface area contributed by atoms with E-state index in [0.29, 0.717) is 11.2 Å². The maximum absolute atomic E-state index is 12.2. The summed E-state index contributed by atoms with van der Waals surface area (Å²) in [5.74, 6) is 0.824. The van der Waals surface area contributed by atoms with E-state index in [4.69, 9.17) is 17.0 Å². The fourth-order valence-electron chi connectivity index (χ4n) is 2.41. The van der Waals surface area contributed by atoms with Gasteiger partial charge in [-0.15, -0.1) is 0 Å². The number of hydrogen-bond donors (Lipinski definition) is 2. The van der Waals surface area contributed by atoms with Crippen LogP contribution in [0.3, 0.4) is 0 Å². The first kappa shape index (κ1) is 16.5. The van der Waals surface area contributed by atoms with Gasteiger partial charge in [0.15, 0.2) is 4.77 Å². The van der Waals surface area contributed by atoms with E-state index in [1.165, 1.54) is 0 Å². The Morgan fingerprint density at radius 3 is 2.73 bits per heavy atom. The van der Waals surface area contributed by atoms with Crippen LogP contribution in [0.2, 0.25) is 0 Å². The highest BCUT2D eigenvalue weighted by molar-refractivity contribution is 7.71. The van der Waals surface area contributed by atoms with Gasteiger partial charge in [0.05, 0.1) is 6.10 Å². The van der Waals surface area contributed by atoms with Crippen LogP contribution in [0.5, 0.6) is 5.75 Å². The molecule has 2 aromatic rings. The molecule has 2 N–H and O–H groups in total. The molecule has 4 nitrogen and oxygen atoms in total. The summed E-state index contributed by atoms with van der Waals surface area (Å²) in [4.78, 5) is 18.0. The van der Waals surface area contributed by atoms with Crippen molar-refractivity contribution in [3.63, 3.8) is 0 Å². The molecular weight excluding hydrogens is 296 g/mol. The first-order chi connectivity index (χ1) is 10.5. The van der Waals surface area contributed by atoms with Crippen LogP contribution in [0.1, 0.15) is 44.0 Å². The molecule has 1 aromatic carbocycles. The molecule has 0 fully saturated rings. The number of aryl methyl sites for hydroxylation is 1. The van der Waals surface area contributed by atoms with Crippen LogP contribution >= 0.6 is 12.2 Å². The van der Waals surface area contributed by atoms with Crippen molar-refractivity contribution in [1.29, 1.82) is 0 Å². The quantitative estimate of drug-likeness (QED) is 0.797. The molecule has 2 rings (SSSR count). The molecule has 118 valence electrons. The van der Waals surface area contributed by atoms with Gasteiger partial charge in [0.2, 0.25) is 0 Å². The van der Waals surface area contributed by atoms with Crippen LogP contribution in [0.15, 0.2) is 29.1 Å². The van der Waals surface area contributed by atoms with E-state index in [1.54, 1.807) is 0 Å². The van der Waals surface area contributed by atoms with Crippen LogP contribution < -0.4 is 10.3 Å². The largest absolute Gasteiger partial charge is 0.491 e. The van der Waals surface area contributed by atoms with Gasteiger partial charge in [0, 0.05) is 17.7 Å². The predicted molar refractivity (Wildman–Crippen MR) is 91.3 cm³/mol. The Labute approximate surface area is 135 Å². The second-order valence-electron chi connectivity index (χ2n) is 5.61. The zero-order valence-electron chi connectivity index (χ0n) is 13.2. The molecular formula is C17H22N2O2S. The molecule has 0 atom stereocenters. The third-order valence-electron chi connectivity index (χ3n) is 3.28. The Morgan fingerprint density at radius 2 is 2.05 bits per heavy atom. The zero-order valence-corrected chi connectivity index (χ0v) is 14.0. The second kappa shape index (κ2) is 7.40. The minimum Gasteiger partial charge on any atom is -0.491 e. The molecule has 1 heterocycles. The van der Waals surface area contributed by atoms with Crippen LogP contribution in [0.4, 0.5) is 0 Å². The highest BCUT2D eigenvalue weighted by Gasteiger charge is 2.10. The Kier molecular flexibility index (Phi) is 5.55. The van der Waals surface area contributed by atoms with Crippen LogP contribution in [-0.4, -0.2) is 16.1 Å². The van der Waals surface area contributed by atoms with Crippen molar-refractivity contribution in [1.82, 2.24) is 9.97 Å². The van der Waals surface area contributed by atoms with Gasteiger partial charge in [-0.1, -0.05) is 25.5 Å². The third-order valence-corrected chi connectivity index (χ3v) is 3.49. The van der Waals surface area contributed by atoms with E-state index in [-0.39, 0.29) is 11.7 Å². The number of H-pyrrole nitrogens is 2. The molecule has 0 bridgehead atoms. The van der Waals surface area contributed by atoms with Crippen molar-refractivity contribution in [2.45, 2.75) is 46.1 Å². The predicted octanol–water partition coefficient (Wildman–Crippen LogP) is 3.76. The van der Waals surface area contributed by atoms with Gasteiger partial charge in [0.25, 0.3) is 5.56 Å². The van der Waals surface area contributed by atoms with Crippen molar-refractivity contribution in [2.24, 2.45) is 0 Å². The van der Waals surface area contributed by atoms with Gasteiger partial charge in [-0.2, -0.15) is 0 Å². The van der Waals surface area contributed by atoms with Gasteiger partial charge >= 0.3 is 0 Å². The van der Waals surface area contributed by atoms with Gasteiger partial charge in [-0.25, -0.2) is 0 Å². The smallest absolute Gasteiger partial charge is 0.255 e. The average molecular weight is 318 g/mol. The lowest BCUT2D eigenvalue weighted by molar-refractivity contribution is 0.242. The van der Waals surface area contributed by atoms with Crippen LogP contribution in [0.25, 0.3) is 0 Å². The maximum atomic E-state index is 12.2. The van der Waals surface area contributed by atoms with Crippen LogP contribution in [0, 0.1) is 4.77 Å². The summed E-state index contributed by atoms with van der Waals surface area (Å²) in [6.07, 6.45) is 2.46. The molecule has 0 unspecified atom stereocenters. The van der Waals surface area contributed by atoms with Gasteiger partial charge in [-0.3, -0.25) is 9.78 Å². The van der Waals surface area contributed by atoms with Crippen molar-refractivity contribution in [2.75, 3.05) is 0 Å². The minimum atomic E-state index is -0.109. The van der Waals surface area contributed by atoms with E-state index in [2.05, 4.69) is 16.9 Å². The Bertz CT molecular complexity index is 747. The van der Waals surface area contributed by atoms with Crippen molar-refractivity contribution >= 4 is 12.2 Å². The number of aromatic amines is 2. The van der Waals surface area contributed by atoms with Crippen molar-refractivity contribution in [3.05, 3.63) is 56.2 Å². The van der Waals surface area contributed by atoms with Gasteiger partial charge < -0.3 is 9.72 Å². The Morgan fingerprint density at radius 1 is 1.27 bits per heavy atom. The fourth-order valence-corrected chi connectivity index (χ4v) is 2.63. The minimum absolute atomic E-state index is 0.109. The van der Waals surface area contributed by atoms with E-state index in [9.17, 15) is 4.79 Å². The van der Waals surface area contributed by atoms with Crippen LogP contribution in [-0.2, 0) is 12.8 Å². The molecule has 5 heteroatoms. The summed E-state index contributed by atoms with van der Waals surface area (Å²) in [6.45, 7) is 6.07. The number of aromatic nitrogens is 2. The lowest BCUT2D eigenvalue weighted by Gasteiger charge is -2.12. The first-order valence-corrected chi connectivity index (χ1v) is 8.00. The highest BCUT2D eigenvalue weighted by atomic mass is 32.1. The Hall–Kier alpha value is -1.88. The average Bonchev–Trinajstić information content (AvgIpc) is 2.42. The van der Waals surface area contributed by atoms with Gasteiger partial charge in [0.1, 0.15) is 5.75 Å². The standard InChI is InChI=1S/C17H22N2O2S/c1-4-6-15-14(16(20)19-17(22)18-15)10-12-7-5-8-13(9-12)21-11(2)3/h5,7-9,11H,4,6,10H2,1-3H3,(H2,18,19,20,22). The normalized spacial score (nSPS) is 10.9. The number of rotatable bonds is 6. The molecule has 0 aliphatic heterocycles. The molecule has 0 spiro atoms. The number of ether oxygens (including phenoxy) is 1. The maximum Gasteiger partial charge on any atom is 0.255 e. The number of benzene rings is 1. The molecule has 0 saturated heterocycles. The Balaban J connectivity index is 2.34. The summed E-state index contributed by atoms with van der Waals surface area (Å²) in [7, 11) is 0. The zero-order chi connectivity index (χ0) is 16.1. The molecule has 0 saturated carbocycles. The summed E-state index contributed by atoms with van der Waals surface area (Å²) >= 11 is 5.06. The van der Waals surface area contributed by atoms with E-state index < -0.39 is 0 Å². The number of nitrogens with one attached hydrogen (secondary N) is 2. The lowest BCUT2D eigenvalue weighted by atomic mass is 10.0. The van der Waals surface area contributed by atoms with E-state index in [0.717, 1.165) is 35.4 Å². The molecule has 22 heavy (non-hydrogen) atoms. The molecule has 0 aliphatic rings. The number of hydrogen-bond acceptors (Lipinski definition) is 3. The van der Waals surface area contributed by atoms with Crippen molar-refractivity contribution in [3.8, 4) is 5.75 Å². The summed E-state index contributed by atoms with van der Waals surface area (Å²) in [6, 6.07) is 7.87. The summed E-state index contributed by atoms with van der Waals surface area (Å²) in [5, 5.41) is 0. The third kappa shape index (κ3) is 4.31. The summed E-state index contributed by atoms with van der Waals surface area (Å²) < 4.78 is 6.09. The van der Waals surface area contributed by atoms with E-state index >= 15 is 0 Å². The van der Waals surface area contributed by atoms with Gasteiger partial charge in [-0.05, 0) is 50.2 Å². The molecule has 0 aliphatic carbocycles. The highest BCUT2D eigenvalue weighted by Crippen LogP contribution is 2.18. The topological polar surface area (TPSA) is 57.9 Å². The first-order valence-electron chi connectivity index (χ1n) is 7.59. The lowest BCUT2D eigenvalue weighted by Crippen LogP contribution is -2.18. The van der Waals surface area contributed by atoms with Crippen molar-refractivity contribution < 1.29 is 4.74 Å². The van der Waals surface area contributed by atoms with E-state index in [1.807, 2.05) is 38.1 Å².